The second-order valence-corrected chi connectivity index (χ2v) is 5.22. The number of aryl methyl sites for hydroxylation is 2. The van der Waals surface area contributed by atoms with Crippen molar-refractivity contribution in [2.24, 2.45) is 7.05 Å². The van der Waals surface area contributed by atoms with Crippen molar-refractivity contribution < 1.29 is 5.11 Å². The summed E-state index contributed by atoms with van der Waals surface area (Å²) in [5.74, 6) is 0. The molecule has 0 spiro atoms. The van der Waals surface area contributed by atoms with Gasteiger partial charge in [-0.3, -0.25) is 4.68 Å². The number of rotatable bonds is 3. The van der Waals surface area contributed by atoms with E-state index in [1.807, 2.05) is 14.0 Å². The summed E-state index contributed by atoms with van der Waals surface area (Å²) in [6.45, 7) is 2.74. The van der Waals surface area contributed by atoms with Crippen LogP contribution in [0, 0.1) is 6.92 Å². The normalized spacial score (nSPS) is 25.2. The molecular weight excluding hydrogens is 238 g/mol. The van der Waals surface area contributed by atoms with Crippen LogP contribution in [0.4, 0.5) is 0 Å². The maximum Gasteiger partial charge on any atom is 0.131 e. The van der Waals surface area contributed by atoms with E-state index in [-0.39, 0.29) is 6.10 Å². The predicted molar refractivity (Wildman–Crippen MR) is 68.1 cm³/mol. The summed E-state index contributed by atoms with van der Waals surface area (Å²) in [4.78, 5) is 0. The highest BCUT2D eigenvalue weighted by Crippen LogP contribution is 2.21. The molecule has 4 nitrogen and oxygen atoms in total. The van der Waals surface area contributed by atoms with Gasteiger partial charge in [0.1, 0.15) is 5.15 Å². The van der Waals surface area contributed by atoms with Crippen LogP contribution in [0.25, 0.3) is 0 Å². The van der Waals surface area contributed by atoms with Crippen molar-refractivity contribution in [3.63, 3.8) is 0 Å². The molecule has 0 atom stereocenters. The van der Waals surface area contributed by atoms with Gasteiger partial charge in [0.15, 0.2) is 0 Å². The van der Waals surface area contributed by atoms with Crippen molar-refractivity contribution in [1.82, 2.24) is 15.1 Å². The van der Waals surface area contributed by atoms with Crippen molar-refractivity contribution >= 4 is 11.6 Å². The maximum atomic E-state index is 9.44. The lowest BCUT2D eigenvalue weighted by Gasteiger charge is -2.26. The van der Waals surface area contributed by atoms with E-state index in [0.29, 0.717) is 11.2 Å². The van der Waals surface area contributed by atoms with Gasteiger partial charge in [-0.15, -0.1) is 0 Å². The highest BCUT2D eigenvalue weighted by Gasteiger charge is 2.20. The summed E-state index contributed by atoms with van der Waals surface area (Å²) in [7, 11) is 1.86. The molecule has 1 aromatic heterocycles. The van der Waals surface area contributed by atoms with E-state index in [4.69, 9.17) is 11.6 Å². The molecular formula is C12H20ClN3O. The van der Waals surface area contributed by atoms with Gasteiger partial charge in [-0.25, -0.2) is 0 Å². The van der Waals surface area contributed by atoms with E-state index in [1.165, 1.54) is 0 Å². The van der Waals surface area contributed by atoms with Crippen molar-refractivity contribution in [3.8, 4) is 0 Å². The molecule has 96 valence electrons. The molecule has 0 bridgehead atoms. The lowest BCUT2D eigenvalue weighted by Crippen LogP contribution is -2.34. The number of nitrogens with zero attached hydrogens (tertiary/aromatic N) is 2. The number of aliphatic hydroxyl groups is 1. The van der Waals surface area contributed by atoms with Crippen LogP contribution in [0.1, 0.15) is 36.9 Å². The van der Waals surface area contributed by atoms with Gasteiger partial charge in [-0.05, 0) is 32.6 Å². The van der Waals surface area contributed by atoms with Gasteiger partial charge in [-0.1, -0.05) is 11.6 Å². The average Bonchev–Trinajstić information content (AvgIpc) is 2.54. The zero-order chi connectivity index (χ0) is 12.4. The summed E-state index contributed by atoms with van der Waals surface area (Å²) in [5, 5.41) is 18.0. The van der Waals surface area contributed by atoms with Crippen LogP contribution >= 0.6 is 11.6 Å². The van der Waals surface area contributed by atoms with E-state index in [0.717, 1.165) is 43.5 Å². The third-order valence-corrected chi connectivity index (χ3v) is 4.01. The van der Waals surface area contributed by atoms with Crippen LogP contribution in [0.2, 0.25) is 5.15 Å². The van der Waals surface area contributed by atoms with Crippen LogP contribution < -0.4 is 5.32 Å². The van der Waals surface area contributed by atoms with Gasteiger partial charge in [0, 0.05) is 25.2 Å². The first-order valence-electron chi connectivity index (χ1n) is 6.17. The van der Waals surface area contributed by atoms with Crippen molar-refractivity contribution in [3.05, 3.63) is 16.4 Å². The molecule has 0 saturated heterocycles. The topological polar surface area (TPSA) is 50.1 Å². The highest BCUT2D eigenvalue weighted by atomic mass is 35.5. The monoisotopic (exact) mass is 257 g/mol. The van der Waals surface area contributed by atoms with Crippen LogP contribution in [0.15, 0.2) is 0 Å². The number of halogens is 1. The smallest absolute Gasteiger partial charge is 0.131 e. The zero-order valence-electron chi connectivity index (χ0n) is 10.4. The summed E-state index contributed by atoms with van der Waals surface area (Å²) in [6.07, 6.45) is 3.78. The van der Waals surface area contributed by atoms with Gasteiger partial charge >= 0.3 is 0 Å². The first-order chi connectivity index (χ1) is 8.08. The Morgan fingerprint density at radius 3 is 2.59 bits per heavy atom. The third-order valence-electron chi connectivity index (χ3n) is 3.53. The molecule has 0 aromatic carbocycles. The molecule has 1 aromatic rings. The van der Waals surface area contributed by atoms with Gasteiger partial charge < -0.3 is 10.4 Å². The van der Waals surface area contributed by atoms with Gasteiger partial charge in [0.05, 0.1) is 11.8 Å². The van der Waals surface area contributed by atoms with Crippen molar-refractivity contribution in [1.29, 1.82) is 0 Å². The Hall–Kier alpha value is -0.580. The second-order valence-electron chi connectivity index (χ2n) is 4.86. The lowest BCUT2D eigenvalue weighted by atomic mass is 9.93. The molecule has 0 unspecified atom stereocenters. The van der Waals surface area contributed by atoms with E-state index in [2.05, 4.69) is 10.4 Å². The van der Waals surface area contributed by atoms with E-state index < -0.39 is 0 Å². The molecule has 2 rings (SSSR count). The van der Waals surface area contributed by atoms with Gasteiger partial charge in [0.2, 0.25) is 0 Å². The summed E-state index contributed by atoms with van der Waals surface area (Å²) >= 11 is 6.18. The number of hydrogen-bond acceptors (Lipinski definition) is 3. The maximum absolute atomic E-state index is 9.44. The quantitative estimate of drug-likeness (QED) is 0.868. The molecule has 0 amide bonds. The first kappa shape index (κ1) is 12.9. The fourth-order valence-corrected chi connectivity index (χ4v) is 2.64. The van der Waals surface area contributed by atoms with E-state index in [1.54, 1.807) is 4.68 Å². The average molecular weight is 258 g/mol. The summed E-state index contributed by atoms with van der Waals surface area (Å²) in [6, 6.07) is 0.495. The van der Waals surface area contributed by atoms with Crippen molar-refractivity contribution in [2.45, 2.75) is 51.3 Å². The zero-order valence-corrected chi connectivity index (χ0v) is 11.2. The highest BCUT2D eigenvalue weighted by molar-refractivity contribution is 6.30. The summed E-state index contributed by atoms with van der Waals surface area (Å²) in [5.41, 5.74) is 2.07. The van der Waals surface area contributed by atoms with Crippen LogP contribution in [0.3, 0.4) is 0 Å². The largest absolute Gasteiger partial charge is 0.393 e. The molecule has 1 heterocycles. The molecule has 0 aliphatic heterocycles. The van der Waals surface area contributed by atoms with Gasteiger partial charge in [-0.2, -0.15) is 5.10 Å². The molecule has 0 radical (unpaired) electrons. The summed E-state index contributed by atoms with van der Waals surface area (Å²) < 4.78 is 1.71. The minimum atomic E-state index is -0.100. The minimum Gasteiger partial charge on any atom is -0.393 e. The Morgan fingerprint density at radius 2 is 2.06 bits per heavy atom. The fourth-order valence-electron chi connectivity index (χ4n) is 2.40. The van der Waals surface area contributed by atoms with Gasteiger partial charge in [0.25, 0.3) is 0 Å². The van der Waals surface area contributed by atoms with Crippen LogP contribution in [-0.2, 0) is 13.6 Å². The molecule has 1 fully saturated rings. The number of aliphatic hydroxyl groups excluding tert-OH is 1. The van der Waals surface area contributed by atoms with E-state index >= 15 is 0 Å². The molecule has 5 heteroatoms. The Kier molecular flexibility index (Phi) is 4.07. The lowest BCUT2D eigenvalue weighted by molar-refractivity contribution is 0.116. The molecule has 1 saturated carbocycles. The standard InChI is InChI=1S/C12H20ClN3O/c1-8-11(12(13)16(2)15-8)7-14-9-3-5-10(17)6-4-9/h9-10,14,17H,3-7H2,1-2H3. The Bertz CT molecular complexity index is 383. The predicted octanol–water partition coefficient (Wildman–Crippen LogP) is 1.78. The van der Waals surface area contributed by atoms with Crippen molar-refractivity contribution in [2.75, 3.05) is 0 Å². The third kappa shape index (κ3) is 3.00. The minimum absolute atomic E-state index is 0.100. The molecule has 2 N–H and O–H groups in total. The fraction of sp³-hybridized carbons (Fsp3) is 0.750. The van der Waals surface area contributed by atoms with E-state index in [9.17, 15) is 5.11 Å². The SMILES string of the molecule is Cc1nn(C)c(Cl)c1CNC1CCC(O)CC1. The second kappa shape index (κ2) is 5.38. The number of aromatic nitrogens is 2. The Morgan fingerprint density at radius 1 is 1.41 bits per heavy atom. The molecule has 1 aliphatic rings. The molecule has 1 aliphatic carbocycles. The Balaban J connectivity index is 1.89. The Labute approximate surface area is 107 Å². The first-order valence-corrected chi connectivity index (χ1v) is 6.55. The van der Waals surface area contributed by atoms with Crippen LogP contribution in [-0.4, -0.2) is 27.0 Å². The number of nitrogens with one attached hydrogen (secondary N) is 1. The molecule has 17 heavy (non-hydrogen) atoms. The van der Waals surface area contributed by atoms with Crippen LogP contribution in [0.5, 0.6) is 0 Å². The number of hydrogen-bond donors (Lipinski definition) is 2.